The summed E-state index contributed by atoms with van der Waals surface area (Å²) in [5.74, 6) is 0.0292. The van der Waals surface area contributed by atoms with Gasteiger partial charge in [0.1, 0.15) is 0 Å². The van der Waals surface area contributed by atoms with Crippen molar-refractivity contribution in [2.75, 3.05) is 32.8 Å². The van der Waals surface area contributed by atoms with Gasteiger partial charge < -0.3 is 20.1 Å². The smallest absolute Gasteiger partial charge is 0.225 e. The van der Waals surface area contributed by atoms with Gasteiger partial charge in [0, 0.05) is 52.1 Å². The van der Waals surface area contributed by atoms with Crippen molar-refractivity contribution in [3.8, 4) is 0 Å². The van der Waals surface area contributed by atoms with Crippen LogP contribution in [0.15, 0.2) is 0 Å². The number of carbonyl (C=O) groups excluding carboxylic acids is 2. The molecule has 0 aliphatic carbocycles. The number of ether oxygens (including phenoxy) is 1. The van der Waals surface area contributed by atoms with E-state index in [1.165, 1.54) is 0 Å². The van der Waals surface area contributed by atoms with E-state index in [4.69, 9.17) is 4.74 Å². The van der Waals surface area contributed by atoms with Crippen molar-refractivity contribution < 1.29 is 19.4 Å². The molecule has 2 aliphatic heterocycles. The maximum atomic E-state index is 12.2. The first-order valence-corrected chi connectivity index (χ1v) is 7.75. The van der Waals surface area contributed by atoms with E-state index in [-0.39, 0.29) is 30.7 Å². The van der Waals surface area contributed by atoms with Crippen molar-refractivity contribution in [1.29, 1.82) is 0 Å². The van der Waals surface area contributed by atoms with Crippen LogP contribution in [0.2, 0.25) is 0 Å². The minimum atomic E-state index is -0.867. The van der Waals surface area contributed by atoms with Crippen LogP contribution in [0.5, 0.6) is 0 Å². The summed E-state index contributed by atoms with van der Waals surface area (Å²) in [6.07, 6.45) is 1.35. The molecule has 0 saturated carbocycles. The summed E-state index contributed by atoms with van der Waals surface area (Å²) in [6.45, 7) is 6.59. The van der Waals surface area contributed by atoms with Crippen LogP contribution >= 0.6 is 0 Å². The molecule has 1 unspecified atom stereocenters. The van der Waals surface area contributed by atoms with E-state index >= 15 is 0 Å². The van der Waals surface area contributed by atoms with E-state index in [0.29, 0.717) is 45.1 Å². The van der Waals surface area contributed by atoms with Crippen LogP contribution in [0.4, 0.5) is 0 Å². The molecule has 0 spiro atoms. The SMILES string of the molecule is CC(C)CN1CC(C(=O)NCC2(O)CCOCC2)CC1=O. The molecule has 0 aromatic rings. The lowest BCUT2D eigenvalue weighted by Crippen LogP contribution is -2.48. The first kappa shape index (κ1) is 16.2. The fraction of sp³-hybridized carbons (Fsp3) is 0.867. The van der Waals surface area contributed by atoms with E-state index in [9.17, 15) is 14.7 Å². The van der Waals surface area contributed by atoms with Crippen LogP contribution < -0.4 is 5.32 Å². The summed E-state index contributed by atoms with van der Waals surface area (Å²) in [5.41, 5.74) is -0.867. The van der Waals surface area contributed by atoms with E-state index in [1.54, 1.807) is 4.90 Å². The number of rotatable bonds is 5. The molecular formula is C15H26N2O4. The zero-order valence-electron chi connectivity index (χ0n) is 12.9. The number of aliphatic hydroxyl groups is 1. The van der Waals surface area contributed by atoms with Gasteiger partial charge in [-0.1, -0.05) is 13.8 Å². The van der Waals surface area contributed by atoms with Crippen LogP contribution in [0.3, 0.4) is 0 Å². The van der Waals surface area contributed by atoms with E-state index in [0.717, 1.165) is 0 Å². The second-order valence-electron chi connectivity index (χ2n) is 6.65. The largest absolute Gasteiger partial charge is 0.388 e. The molecule has 2 rings (SSSR count). The molecule has 2 amide bonds. The molecule has 0 aromatic heterocycles. The van der Waals surface area contributed by atoms with Gasteiger partial charge in [0.2, 0.25) is 11.8 Å². The molecule has 2 aliphatic rings. The quantitative estimate of drug-likeness (QED) is 0.757. The van der Waals surface area contributed by atoms with Gasteiger partial charge >= 0.3 is 0 Å². The number of hydrogen-bond donors (Lipinski definition) is 2. The molecular weight excluding hydrogens is 272 g/mol. The molecule has 0 bridgehead atoms. The summed E-state index contributed by atoms with van der Waals surface area (Å²) in [6, 6.07) is 0. The molecule has 2 N–H and O–H groups in total. The highest BCUT2D eigenvalue weighted by Gasteiger charge is 2.36. The van der Waals surface area contributed by atoms with Gasteiger partial charge in [-0.15, -0.1) is 0 Å². The molecule has 6 heteroatoms. The van der Waals surface area contributed by atoms with Crippen LogP contribution in [-0.4, -0.2) is 60.3 Å². The lowest BCUT2D eigenvalue weighted by Gasteiger charge is -2.32. The second-order valence-corrected chi connectivity index (χ2v) is 6.65. The molecule has 0 radical (unpaired) electrons. The minimum Gasteiger partial charge on any atom is -0.388 e. The second kappa shape index (κ2) is 6.75. The van der Waals surface area contributed by atoms with Gasteiger partial charge in [-0.2, -0.15) is 0 Å². The third-order valence-electron chi connectivity index (χ3n) is 4.19. The van der Waals surface area contributed by atoms with Crippen molar-refractivity contribution in [2.45, 2.75) is 38.7 Å². The third-order valence-corrected chi connectivity index (χ3v) is 4.19. The third kappa shape index (κ3) is 4.41. The van der Waals surface area contributed by atoms with Crippen LogP contribution in [0.25, 0.3) is 0 Å². The summed E-state index contributed by atoms with van der Waals surface area (Å²) in [5, 5.41) is 13.1. The van der Waals surface area contributed by atoms with Crippen molar-refractivity contribution in [1.82, 2.24) is 10.2 Å². The van der Waals surface area contributed by atoms with Gasteiger partial charge in [-0.3, -0.25) is 9.59 Å². The van der Waals surface area contributed by atoms with Crippen LogP contribution in [0.1, 0.15) is 33.1 Å². The number of likely N-dealkylation sites (tertiary alicyclic amines) is 1. The van der Waals surface area contributed by atoms with Crippen molar-refractivity contribution in [3.63, 3.8) is 0 Å². The van der Waals surface area contributed by atoms with Crippen LogP contribution in [-0.2, 0) is 14.3 Å². The van der Waals surface area contributed by atoms with Gasteiger partial charge in [0.05, 0.1) is 11.5 Å². The van der Waals surface area contributed by atoms with Gasteiger partial charge in [0.15, 0.2) is 0 Å². The Hall–Kier alpha value is -1.14. The summed E-state index contributed by atoms with van der Waals surface area (Å²) >= 11 is 0. The summed E-state index contributed by atoms with van der Waals surface area (Å²) in [7, 11) is 0. The summed E-state index contributed by atoms with van der Waals surface area (Å²) < 4.78 is 5.21. The normalized spacial score (nSPS) is 25.4. The first-order valence-electron chi connectivity index (χ1n) is 7.75. The number of hydrogen-bond acceptors (Lipinski definition) is 4. The molecule has 2 heterocycles. The number of nitrogens with one attached hydrogen (secondary N) is 1. The molecule has 21 heavy (non-hydrogen) atoms. The Kier molecular flexibility index (Phi) is 5.22. The van der Waals surface area contributed by atoms with Crippen molar-refractivity contribution in [2.24, 2.45) is 11.8 Å². The molecule has 6 nitrogen and oxygen atoms in total. The van der Waals surface area contributed by atoms with Crippen LogP contribution in [0, 0.1) is 11.8 Å². The standard InChI is InChI=1S/C15H26N2O4/c1-11(2)8-17-9-12(7-13(17)18)14(19)16-10-15(20)3-5-21-6-4-15/h11-12,20H,3-10H2,1-2H3,(H,16,19). The van der Waals surface area contributed by atoms with Gasteiger partial charge in [0.25, 0.3) is 0 Å². The molecule has 2 fully saturated rings. The molecule has 1 atom stereocenters. The zero-order valence-corrected chi connectivity index (χ0v) is 12.9. The Morgan fingerprint density at radius 3 is 2.76 bits per heavy atom. The topological polar surface area (TPSA) is 78.9 Å². The Morgan fingerprint density at radius 2 is 2.14 bits per heavy atom. The lowest BCUT2D eigenvalue weighted by atomic mass is 9.94. The monoisotopic (exact) mass is 298 g/mol. The average Bonchev–Trinajstić information content (AvgIpc) is 2.78. The maximum Gasteiger partial charge on any atom is 0.225 e. The predicted octanol–water partition coefficient (Wildman–Crippen LogP) is 0.149. The van der Waals surface area contributed by atoms with Crippen molar-refractivity contribution >= 4 is 11.8 Å². The van der Waals surface area contributed by atoms with E-state index < -0.39 is 5.60 Å². The minimum absolute atomic E-state index is 0.0497. The highest BCUT2D eigenvalue weighted by Crippen LogP contribution is 2.21. The highest BCUT2D eigenvalue weighted by molar-refractivity contribution is 5.89. The fourth-order valence-corrected chi connectivity index (χ4v) is 2.89. The predicted molar refractivity (Wildman–Crippen MR) is 77.5 cm³/mol. The maximum absolute atomic E-state index is 12.2. The Morgan fingerprint density at radius 1 is 1.48 bits per heavy atom. The van der Waals surface area contributed by atoms with E-state index in [1.807, 2.05) is 0 Å². The zero-order chi connectivity index (χ0) is 15.5. The number of amides is 2. The Bertz CT molecular complexity index is 391. The first-order chi connectivity index (χ1) is 9.89. The number of carbonyl (C=O) groups is 2. The van der Waals surface area contributed by atoms with Gasteiger partial charge in [-0.05, 0) is 5.92 Å². The lowest BCUT2D eigenvalue weighted by molar-refractivity contribution is -0.130. The van der Waals surface area contributed by atoms with Gasteiger partial charge in [-0.25, -0.2) is 0 Å². The number of nitrogens with zero attached hydrogens (tertiary/aromatic N) is 1. The van der Waals surface area contributed by atoms with Crippen molar-refractivity contribution in [3.05, 3.63) is 0 Å². The molecule has 2 saturated heterocycles. The Labute approximate surface area is 125 Å². The van der Waals surface area contributed by atoms with E-state index in [2.05, 4.69) is 19.2 Å². The summed E-state index contributed by atoms with van der Waals surface area (Å²) in [4.78, 5) is 25.8. The Balaban J connectivity index is 1.80. The molecule has 120 valence electrons. The highest BCUT2D eigenvalue weighted by atomic mass is 16.5. The average molecular weight is 298 g/mol. The molecule has 0 aromatic carbocycles. The fourth-order valence-electron chi connectivity index (χ4n) is 2.89.